The van der Waals surface area contributed by atoms with Crippen molar-refractivity contribution in [3.05, 3.63) is 0 Å². The number of carbonyl (C=O) groups excluding carboxylic acids is 1. The van der Waals surface area contributed by atoms with Crippen molar-refractivity contribution in [2.45, 2.75) is 44.2 Å². The Bertz CT molecular complexity index is 266. The van der Waals surface area contributed by atoms with Gasteiger partial charge in [0.2, 0.25) is 5.91 Å². The Kier molecular flexibility index (Phi) is 8.19. The first-order valence-corrected chi connectivity index (χ1v) is 6.40. The van der Waals surface area contributed by atoms with Crippen molar-refractivity contribution in [2.75, 3.05) is 20.1 Å². The van der Waals surface area contributed by atoms with Gasteiger partial charge in [0.15, 0.2) is 0 Å². The zero-order valence-corrected chi connectivity index (χ0v) is 12.6. The van der Waals surface area contributed by atoms with Gasteiger partial charge in [-0.3, -0.25) is 4.79 Å². The highest BCUT2D eigenvalue weighted by molar-refractivity contribution is 5.85. The number of halogens is 2. The Morgan fingerprint density at radius 3 is 2.56 bits per heavy atom. The minimum absolute atomic E-state index is 0. The van der Waals surface area contributed by atoms with Gasteiger partial charge in [-0.25, -0.2) is 0 Å². The van der Waals surface area contributed by atoms with E-state index in [0.29, 0.717) is 6.04 Å². The van der Waals surface area contributed by atoms with Gasteiger partial charge in [0, 0.05) is 24.5 Å². The van der Waals surface area contributed by atoms with Crippen LogP contribution in [-0.2, 0) is 4.79 Å². The molecule has 0 aromatic carbocycles. The van der Waals surface area contributed by atoms with Crippen molar-refractivity contribution in [3.8, 4) is 0 Å². The Labute approximate surface area is 122 Å². The highest BCUT2D eigenvalue weighted by Crippen LogP contribution is 2.24. The molecule has 2 rings (SSSR count). The van der Waals surface area contributed by atoms with E-state index in [9.17, 15) is 4.79 Å². The number of nitrogens with zero attached hydrogens (tertiary/aromatic N) is 1. The number of rotatable bonds is 3. The van der Waals surface area contributed by atoms with E-state index in [2.05, 4.69) is 17.3 Å². The lowest BCUT2D eigenvalue weighted by atomic mass is 10.1. The molecule has 1 saturated carbocycles. The van der Waals surface area contributed by atoms with Crippen LogP contribution in [0.2, 0.25) is 0 Å². The fraction of sp³-hybridized carbons (Fsp3) is 0.917. The molecule has 1 aliphatic heterocycles. The quantitative estimate of drug-likeness (QED) is 0.822. The lowest BCUT2D eigenvalue weighted by molar-refractivity contribution is -0.125. The Morgan fingerprint density at radius 2 is 2.06 bits per heavy atom. The van der Waals surface area contributed by atoms with E-state index < -0.39 is 0 Å². The molecule has 4 nitrogen and oxygen atoms in total. The molecule has 3 atom stereocenters. The molecule has 6 heteroatoms. The SMILES string of the molecule is CN1CCCC1CNC(=O)C1CCC(N)C1.Cl.Cl. The van der Waals surface area contributed by atoms with Crippen molar-refractivity contribution in [1.29, 1.82) is 0 Å². The Morgan fingerprint density at radius 1 is 1.33 bits per heavy atom. The van der Waals surface area contributed by atoms with Crippen LogP contribution in [0.4, 0.5) is 0 Å². The van der Waals surface area contributed by atoms with Crippen LogP contribution in [0.3, 0.4) is 0 Å². The molecule has 2 fully saturated rings. The molecule has 0 aromatic heterocycles. The molecular formula is C12H25Cl2N3O. The van der Waals surface area contributed by atoms with E-state index in [0.717, 1.165) is 32.4 Å². The van der Waals surface area contributed by atoms with Gasteiger partial charge < -0.3 is 16.0 Å². The van der Waals surface area contributed by atoms with Gasteiger partial charge >= 0.3 is 0 Å². The Hall–Kier alpha value is -0.0300. The van der Waals surface area contributed by atoms with Crippen LogP contribution >= 0.6 is 24.8 Å². The van der Waals surface area contributed by atoms with Crippen LogP contribution in [0.15, 0.2) is 0 Å². The number of nitrogens with one attached hydrogen (secondary N) is 1. The van der Waals surface area contributed by atoms with Crippen molar-refractivity contribution < 1.29 is 4.79 Å². The second-order valence-electron chi connectivity index (χ2n) is 5.29. The summed E-state index contributed by atoms with van der Waals surface area (Å²) < 4.78 is 0. The van der Waals surface area contributed by atoms with Gasteiger partial charge in [-0.2, -0.15) is 0 Å². The van der Waals surface area contributed by atoms with E-state index in [4.69, 9.17) is 5.73 Å². The number of carbonyl (C=O) groups is 1. The minimum Gasteiger partial charge on any atom is -0.354 e. The Balaban J connectivity index is 0.00000144. The zero-order valence-electron chi connectivity index (χ0n) is 10.9. The van der Waals surface area contributed by atoms with Crippen molar-refractivity contribution in [2.24, 2.45) is 11.7 Å². The van der Waals surface area contributed by atoms with E-state index in [1.165, 1.54) is 12.8 Å². The molecular weight excluding hydrogens is 273 g/mol. The van der Waals surface area contributed by atoms with Gasteiger partial charge in [-0.05, 0) is 45.7 Å². The summed E-state index contributed by atoms with van der Waals surface area (Å²) in [6.45, 7) is 1.97. The molecule has 108 valence electrons. The number of hydrogen-bond donors (Lipinski definition) is 2. The van der Waals surface area contributed by atoms with Crippen molar-refractivity contribution in [1.82, 2.24) is 10.2 Å². The fourth-order valence-electron chi connectivity index (χ4n) is 2.85. The molecule has 1 heterocycles. The molecule has 18 heavy (non-hydrogen) atoms. The normalized spacial score (nSPS) is 31.6. The molecule has 3 unspecified atom stereocenters. The molecule has 1 amide bonds. The largest absolute Gasteiger partial charge is 0.354 e. The molecule has 0 bridgehead atoms. The topological polar surface area (TPSA) is 58.4 Å². The maximum atomic E-state index is 11.9. The van der Waals surface area contributed by atoms with Crippen molar-refractivity contribution in [3.63, 3.8) is 0 Å². The summed E-state index contributed by atoms with van der Waals surface area (Å²) in [5.74, 6) is 0.384. The minimum atomic E-state index is 0. The molecule has 0 aromatic rings. The molecule has 3 N–H and O–H groups in total. The number of amides is 1. The van der Waals surface area contributed by atoms with Crippen LogP contribution in [0.5, 0.6) is 0 Å². The number of likely N-dealkylation sites (N-methyl/N-ethyl adjacent to an activating group) is 1. The third-order valence-corrected chi connectivity index (χ3v) is 4.03. The van der Waals surface area contributed by atoms with Crippen LogP contribution in [-0.4, -0.2) is 43.0 Å². The van der Waals surface area contributed by atoms with Crippen LogP contribution in [0, 0.1) is 5.92 Å². The van der Waals surface area contributed by atoms with Crippen LogP contribution in [0.1, 0.15) is 32.1 Å². The van der Waals surface area contributed by atoms with Gasteiger partial charge in [0.05, 0.1) is 0 Å². The van der Waals surface area contributed by atoms with E-state index >= 15 is 0 Å². The van der Waals surface area contributed by atoms with E-state index in [-0.39, 0.29) is 42.7 Å². The predicted molar refractivity (Wildman–Crippen MR) is 78.5 cm³/mol. The summed E-state index contributed by atoms with van der Waals surface area (Å²) in [6.07, 6.45) is 5.30. The highest BCUT2D eigenvalue weighted by Gasteiger charge is 2.28. The van der Waals surface area contributed by atoms with E-state index in [1.807, 2.05) is 0 Å². The second kappa shape index (κ2) is 8.20. The summed E-state index contributed by atoms with van der Waals surface area (Å²) in [5.41, 5.74) is 5.82. The zero-order chi connectivity index (χ0) is 11.5. The maximum Gasteiger partial charge on any atom is 0.223 e. The van der Waals surface area contributed by atoms with Crippen LogP contribution < -0.4 is 11.1 Å². The maximum absolute atomic E-state index is 11.9. The summed E-state index contributed by atoms with van der Waals surface area (Å²) in [6, 6.07) is 0.781. The van der Waals surface area contributed by atoms with Gasteiger partial charge in [-0.1, -0.05) is 0 Å². The average Bonchev–Trinajstić information content (AvgIpc) is 2.84. The molecule has 1 saturated heterocycles. The number of hydrogen-bond acceptors (Lipinski definition) is 3. The first kappa shape index (κ1) is 18.0. The first-order chi connectivity index (χ1) is 7.66. The smallest absolute Gasteiger partial charge is 0.223 e. The third kappa shape index (κ3) is 4.57. The standard InChI is InChI=1S/C12H23N3O.2ClH/c1-15-6-2-3-11(15)8-14-12(16)9-4-5-10(13)7-9;;/h9-11H,2-8,13H2,1H3,(H,14,16);2*1H. The van der Waals surface area contributed by atoms with Gasteiger partial charge in [0.1, 0.15) is 0 Å². The van der Waals surface area contributed by atoms with Gasteiger partial charge in [0.25, 0.3) is 0 Å². The molecule has 1 aliphatic carbocycles. The monoisotopic (exact) mass is 297 g/mol. The van der Waals surface area contributed by atoms with Crippen molar-refractivity contribution >= 4 is 30.7 Å². The second-order valence-corrected chi connectivity index (χ2v) is 5.29. The number of likely N-dealkylation sites (tertiary alicyclic amines) is 1. The molecule has 0 spiro atoms. The lowest BCUT2D eigenvalue weighted by Gasteiger charge is -2.20. The third-order valence-electron chi connectivity index (χ3n) is 4.03. The first-order valence-electron chi connectivity index (χ1n) is 6.40. The van der Waals surface area contributed by atoms with Crippen LogP contribution in [0.25, 0.3) is 0 Å². The molecule has 2 aliphatic rings. The molecule has 0 radical (unpaired) electrons. The van der Waals surface area contributed by atoms with E-state index in [1.54, 1.807) is 0 Å². The predicted octanol–water partition coefficient (Wildman–Crippen LogP) is 1.17. The summed E-state index contributed by atoms with van der Waals surface area (Å²) in [4.78, 5) is 14.2. The fourth-order valence-corrected chi connectivity index (χ4v) is 2.85. The average molecular weight is 298 g/mol. The highest BCUT2D eigenvalue weighted by atomic mass is 35.5. The lowest BCUT2D eigenvalue weighted by Crippen LogP contribution is -2.40. The summed E-state index contributed by atoms with van der Waals surface area (Å²) >= 11 is 0. The number of nitrogens with two attached hydrogens (primary N) is 1. The van der Waals surface area contributed by atoms with Gasteiger partial charge in [-0.15, -0.1) is 24.8 Å². The summed E-state index contributed by atoms with van der Waals surface area (Å²) in [7, 11) is 2.13. The summed E-state index contributed by atoms with van der Waals surface area (Å²) in [5, 5.41) is 3.08.